The van der Waals surface area contributed by atoms with Crippen molar-refractivity contribution in [3.63, 3.8) is 0 Å². The van der Waals surface area contributed by atoms with Crippen molar-refractivity contribution in [2.75, 3.05) is 21.3 Å². The van der Waals surface area contributed by atoms with Crippen LogP contribution in [0.15, 0.2) is 29.9 Å². The molecule has 3 aromatic rings. The molecule has 0 radical (unpaired) electrons. The van der Waals surface area contributed by atoms with Crippen LogP contribution in [-0.2, 0) is 0 Å². The predicted molar refractivity (Wildman–Crippen MR) is 101 cm³/mol. The van der Waals surface area contributed by atoms with Crippen molar-refractivity contribution in [1.29, 1.82) is 0 Å². The fourth-order valence-electron chi connectivity index (χ4n) is 2.65. The number of hydrogen-bond donors (Lipinski definition) is 0. The Morgan fingerprint density at radius 2 is 1.85 bits per heavy atom. The Balaban J connectivity index is 2.32. The van der Waals surface area contributed by atoms with Crippen LogP contribution in [0, 0.1) is 0 Å². The van der Waals surface area contributed by atoms with Crippen LogP contribution in [0.5, 0.6) is 17.2 Å². The van der Waals surface area contributed by atoms with E-state index in [1.165, 1.54) is 32.7 Å². The van der Waals surface area contributed by atoms with E-state index in [1.807, 2.05) is 11.4 Å². The monoisotopic (exact) mass is 390 g/mol. The molecule has 0 unspecified atom stereocenters. The van der Waals surface area contributed by atoms with Crippen LogP contribution in [0.4, 0.5) is 0 Å². The summed E-state index contributed by atoms with van der Waals surface area (Å²) in [6, 6.07) is 3.40. The number of nitrogens with zero attached hydrogens (tertiary/aromatic N) is 2. The van der Waals surface area contributed by atoms with Crippen molar-refractivity contribution in [3.05, 3.63) is 40.6 Å². The number of rotatable bonds is 6. The molecule has 8 heteroatoms. The average Bonchev–Trinajstić information content (AvgIpc) is 3.21. The Bertz CT molecular complexity index is 945. The molecule has 0 saturated heterocycles. The summed E-state index contributed by atoms with van der Waals surface area (Å²) < 4.78 is 16.3. The fraction of sp³-hybridized carbons (Fsp3) is 0.167. The third-order valence-corrected chi connectivity index (χ3v) is 4.90. The molecular weight excluding hydrogens is 376 g/mol. The van der Waals surface area contributed by atoms with E-state index in [4.69, 9.17) is 25.8 Å². The number of aromatic nitrogens is 2. The highest BCUT2D eigenvalue weighted by Gasteiger charge is 2.24. The van der Waals surface area contributed by atoms with Gasteiger partial charge in [0.05, 0.1) is 21.3 Å². The second kappa shape index (κ2) is 7.72. The Labute approximate surface area is 159 Å². The summed E-state index contributed by atoms with van der Waals surface area (Å²) >= 11 is 7.83. The zero-order valence-corrected chi connectivity index (χ0v) is 15.9. The number of hydrogen-bond acceptors (Lipinski definition) is 7. The van der Waals surface area contributed by atoms with Gasteiger partial charge in [0.1, 0.15) is 10.2 Å². The van der Waals surface area contributed by atoms with Crippen molar-refractivity contribution in [2.45, 2.75) is 0 Å². The minimum Gasteiger partial charge on any atom is -0.493 e. The predicted octanol–water partition coefficient (Wildman–Crippen LogP) is 4.36. The van der Waals surface area contributed by atoms with Gasteiger partial charge in [-0.15, -0.1) is 11.3 Å². The number of aldehydes is 1. The molecule has 0 fully saturated rings. The van der Waals surface area contributed by atoms with Gasteiger partial charge in [-0.2, -0.15) is 0 Å². The van der Waals surface area contributed by atoms with Crippen molar-refractivity contribution >= 4 is 29.2 Å². The number of halogens is 1. The van der Waals surface area contributed by atoms with E-state index in [2.05, 4.69) is 9.97 Å². The molecule has 0 N–H and O–H groups in total. The van der Waals surface area contributed by atoms with E-state index in [0.29, 0.717) is 40.2 Å². The molecule has 0 aliphatic carbocycles. The number of benzene rings is 1. The molecule has 3 rings (SSSR count). The van der Waals surface area contributed by atoms with Crippen molar-refractivity contribution in [1.82, 2.24) is 9.97 Å². The van der Waals surface area contributed by atoms with Crippen LogP contribution in [0.3, 0.4) is 0 Å². The van der Waals surface area contributed by atoms with Gasteiger partial charge >= 0.3 is 0 Å². The molecule has 0 spiro atoms. The van der Waals surface area contributed by atoms with Crippen molar-refractivity contribution < 1.29 is 19.0 Å². The van der Waals surface area contributed by atoms with Gasteiger partial charge in [-0.1, -0.05) is 11.6 Å². The number of pyridine rings is 1. The molecule has 0 atom stereocenters. The molecule has 2 aromatic heterocycles. The zero-order chi connectivity index (χ0) is 18.7. The quantitative estimate of drug-likeness (QED) is 0.460. The van der Waals surface area contributed by atoms with E-state index < -0.39 is 0 Å². The molecule has 2 heterocycles. The lowest BCUT2D eigenvalue weighted by atomic mass is 9.98. The van der Waals surface area contributed by atoms with E-state index in [0.717, 1.165) is 10.6 Å². The largest absolute Gasteiger partial charge is 0.493 e. The smallest absolute Gasteiger partial charge is 0.203 e. The van der Waals surface area contributed by atoms with Crippen LogP contribution in [0.1, 0.15) is 10.4 Å². The molecular formula is C18H15ClN2O4S. The van der Waals surface area contributed by atoms with Gasteiger partial charge in [0.15, 0.2) is 17.8 Å². The van der Waals surface area contributed by atoms with Gasteiger partial charge in [-0.05, 0) is 12.1 Å². The third-order valence-electron chi connectivity index (χ3n) is 3.78. The summed E-state index contributed by atoms with van der Waals surface area (Å²) in [5.41, 5.74) is 2.16. The molecule has 0 aliphatic rings. The van der Waals surface area contributed by atoms with Crippen LogP contribution >= 0.6 is 22.9 Å². The van der Waals surface area contributed by atoms with Crippen LogP contribution < -0.4 is 14.2 Å². The highest BCUT2D eigenvalue weighted by molar-refractivity contribution is 7.13. The van der Waals surface area contributed by atoms with Gasteiger partial charge in [-0.25, -0.2) is 9.97 Å². The zero-order valence-electron chi connectivity index (χ0n) is 14.3. The summed E-state index contributed by atoms with van der Waals surface area (Å²) in [5.74, 6) is 1.09. The Hall–Kier alpha value is -2.64. The lowest BCUT2D eigenvalue weighted by Crippen LogP contribution is -2.01. The summed E-state index contributed by atoms with van der Waals surface area (Å²) in [5, 5.41) is 2.90. The highest BCUT2D eigenvalue weighted by atomic mass is 35.5. The highest BCUT2D eigenvalue weighted by Crippen LogP contribution is 2.48. The molecule has 1 aromatic carbocycles. The molecule has 0 amide bonds. The molecule has 26 heavy (non-hydrogen) atoms. The molecule has 134 valence electrons. The van der Waals surface area contributed by atoms with Crippen LogP contribution in [0.2, 0.25) is 5.15 Å². The second-order valence-electron chi connectivity index (χ2n) is 5.13. The number of methoxy groups -OCH3 is 3. The second-order valence-corrected chi connectivity index (χ2v) is 6.38. The average molecular weight is 391 g/mol. The van der Waals surface area contributed by atoms with E-state index >= 15 is 0 Å². The summed E-state index contributed by atoms with van der Waals surface area (Å²) in [4.78, 5) is 20.3. The number of carbonyl (C=O) groups excluding carboxylic acids is 1. The Kier molecular flexibility index (Phi) is 5.39. The summed E-state index contributed by atoms with van der Waals surface area (Å²) in [7, 11) is 4.47. The van der Waals surface area contributed by atoms with E-state index in [9.17, 15) is 4.79 Å². The maximum absolute atomic E-state index is 11.7. The molecule has 0 saturated carbocycles. The molecule has 6 nitrogen and oxygen atoms in total. The van der Waals surface area contributed by atoms with E-state index in [1.54, 1.807) is 18.5 Å². The summed E-state index contributed by atoms with van der Waals surface area (Å²) in [6.45, 7) is 0. The van der Waals surface area contributed by atoms with Gasteiger partial charge in [0, 0.05) is 40.0 Å². The SMILES string of the molecule is COc1cc(C=O)c(-c2cc(-c3nccs3)cnc2Cl)c(OC)c1OC. The van der Waals surface area contributed by atoms with Gasteiger partial charge < -0.3 is 14.2 Å². The number of carbonyl (C=O) groups is 1. The molecule has 0 bridgehead atoms. The first-order valence-corrected chi connectivity index (χ1v) is 8.74. The normalized spacial score (nSPS) is 10.5. The minimum absolute atomic E-state index is 0.235. The Morgan fingerprint density at radius 1 is 1.08 bits per heavy atom. The van der Waals surface area contributed by atoms with Gasteiger partial charge in [0.2, 0.25) is 5.75 Å². The first kappa shape index (κ1) is 18.2. The molecule has 0 aliphatic heterocycles. The first-order chi connectivity index (χ1) is 12.6. The van der Waals surface area contributed by atoms with Gasteiger partial charge in [-0.3, -0.25) is 4.79 Å². The number of thiazole rings is 1. The van der Waals surface area contributed by atoms with Crippen molar-refractivity contribution in [2.24, 2.45) is 0 Å². The van der Waals surface area contributed by atoms with Crippen molar-refractivity contribution in [3.8, 4) is 38.9 Å². The minimum atomic E-state index is 0.235. The maximum atomic E-state index is 11.7. The van der Waals surface area contributed by atoms with Crippen LogP contribution in [-0.4, -0.2) is 37.6 Å². The number of ether oxygens (including phenoxy) is 3. The lowest BCUT2D eigenvalue weighted by Gasteiger charge is -2.18. The van der Waals surface area contributed by atoms with Crippen LogP contribution in [0.25, 0.3) is 21.7 Å². The topological polar surface area (TPSA) is 70.5 Å². The maximum Gasteiger partial charge on any atom is 0.203 e. The third kappa shape index (κ3) is 3.11. The Morgan fingerprint density at radius 3 is 2.42 bits per heavy atom. The summed E-state index contributed by atoms with van der Waals surface area (Å²) in [6.07, 6.45) is 4.06. The van der Waals surface area contributed by atoms with Gasteiger partial charge in [0.25, 0.3) is 0 Å². The fourth-order valence-corrected chi connectivity index (χ4v) is 3.47. The first-order valence-electron chi connectivity index (χ1n) is 7.48. The standard InChI is InChI=1S/C18H15ClN2O4S/c1-23-13-7-11(9-22)14(16(25-3)15(13)24-2)12-6-10(8-21-17(12)19)18-20-4-5-26-18/h4-9H,1-3H3. The lowest BCUT2D eigenvalue weighted by molar-refractivity contribution is 0.112. The van der Waals surface area contributed by atoms with E-state index in [-0.39, 0.29) is 5.15 Å².